The van der Waals surface area contributed by atoms with Gasteiger partial charge >= 0.3 is 5.97 Å². The largest absolute Gasteiger partial charge is 0.465 e. The van der Waals surface area contributed by atoms with Crippen LogP contribution in [0.25, 0.3) is 0 Å². The Labute approximate surface area is 166 Å². The predicted octanol–water partition coefficient (Wildman–Crippen LogP) is 4.27. The van der Waals surface area contributed by atoms with Crippen LogP contribution in [0.3, 0.4) is 0 Å². The second-order valence-corrected chi connectivity index (χ2v) is 7.60. The number of esters is 1. The smallest absolute Gasteiger partial charge is 0.338 e. The van der Waals surface area contributed by atoms with Crippen molar-refractivity contribution in [2.24, 2.45) is 5.92 Å². The van der Waals surface area contributed by atoms with Gasteiger partial charge in [0.2, 0.25) is 0 Å². The van der Waals surface area contributed by atoms with E-state index in [-0.39, 0.29) is 5.91 Å². The number of hydrogen-bond acceptors (Lipinski definition) is 4. The van der Waals surface area contributed by atoms with E-state index in [0.29, 0.717) is 22.4 Å². The van der Waals surface area contributed by atoms with Crippen molar-refractivity contribution in [3.05, 3.63) is 64.7 Å². The average molecular weight is 380 g/mol. The minimum Gasteiger partial charge on any atom is -0.465 e. The van der Waals surface area contributed by atoms with E-state index in [1.54, 1.807) is 25.1 Å². The molecule has 0 bridgehead atoms. The minimum atomic E-state index is -0.412. The molecule has 3 rings (SSSR count). The summed E-state index contributed by atoms with van der Waals surface area (Å²) in [5.74, 6) is 0.149. The molecular formula is C23H28N2O3. The van der Waals surface area contributed by atoms with E-state index in [1.165, 1.54) is 25.5 Å². The van der Waals surface area contributed by atoms with Gasteiger partial charge in [-0.05, 0) is 67.6 Å². The predicted molar refractivity (Wildman–Crippen MR) is 111 cm³/mol. The third-order valence-electron chi connectivity index (χ3n) is 5.35. The van der Waals surface area contributed by atoms with Crippen molar-refractivity contribution >= 4 is 17.6 Å². The van der Waals surface area contributed by atoms with Crippen molar-refractivity contribution < 1.29 is 14.3 Å². The van der Waals surface area contributed by atoms with Crippen LogP contribution in [0.1, 0.15) is 51.6 Å². The first-order valence-electron chi connectivity index (χ1n) is 9.78. The van der Waals surface area contributed by atoms with E-state index < -0.39 is 5.97 Å². The average Bonchev–Trinajstić information content (AvgIpc) is 2.69. The van der Waals surface area contributed by atoms with E-state index in [2.05, 4.69) is 17.1 Å². The molecule has 28 heavy (non-hydrogen) atoms. The third-order valence-corrected chi connectivity index (χ3v) is 5.35. The number of piperidine rings is 1. The minimum absolute atomic E-state index is 0.191. The third kappa shape index (κ3) is 4.78. The van der Waals surface area contributed by atoms with Crippen LogP contribution in [0, 0.1) is 12.8 Å². The normalized spacial score (nSPS) is 17.2. The van der Waals surface area contributed by atoms with E-state index in [0.717, 1.165) is 25.6 Å². The number of benzene rings is 2. The Hall–Kier alpha value is -2.66. The first kappa shape index (κ1) is 20.1. The number of nitrogens with one attached hydrogen (secondary N) is 1. The van der Waals surface area contributed by atoms with Crippen LogP contribution < -0.4 is 5.32 Å². The lowest BCUT2D eigenvalue weighted by atomic mass is 9.99. The Morgan fingerprint density at radius 1 is 1.18 bits per heavy atom. The Kier molecular flexibility index (Phi) is 6.47. The highest BCUT2D eigenvalue weighted by Crippen LogP contribution is 2.21. The number of ether oxygens (including phenoxy) is 1. The Bertz CT molecular complexity index is 845. The van der Waals surface area contributed by atoms with E-state index in [4.69, 9.17) is 4.74 Å². The number of hydrogen-bond donors (Lipinski definition) is 1. The van der Waals surface area contributed by atoms with Gasteiger partial charge in [-0.3, -0.25) is 9.69 Å². The zero-order valence-corrected chi connectivity index (χ0v) is 16.8. The molecular weight excluding hydrogens is 352 g/mol. The van der Waals surface area contributed by atoms with Gasteiger partial charge in [0.25, 0.3) is 5.91 Å². The summed E-state index contributed by atoms with van der Waals surface area (Å²) in [4.78, 5) is 26.9. The summed E-state index contributed by atoms with van der Waals surface area (Å²) in [5, 5.41) is 2.90. The number of carbonyl (C=O) groups is 2. The molecule has 0 radical (unpaired) electrons. The Morgan fingerprint density at radius 2 is 1.93 bits per heavy atom. The van der Waals surface area contributed by atoms with Gasteiger partial charge in [-0.15, -0.1) is 0 Å². The topological polar surface area (TPSA) is 58.6 Å². The molecule has 1 N–H and O–H groups in total. The molecule has 1 heterocycles. The van der Waals surface area contributed by atoms with E-state index in [9.17, 15) is 9.59 Å². The summed E-state index contributed by atoms with van der Waals surface area (Å²) in [6.45, 7) is 7.30. The van der Waals surface area contributed by atoms with Crippen LogP contribution in [0.15, 0.2) is 42.5 Å². The summed E-state index contributed by atoms with van der Waals surface area (Å²) < 4.78 is 4.79. The van der Waals surface area contributed by atoms with Crippen LogP contribution in [0.2, 0.25) is 0 Å². The number of likely N-dealkylation sites (tertiary alicyclic amines) is 1. The van der Waals surface area contributed by atoms with E-state index in [1.807, 2.05) is 24.3 Å². The molecule has 2 aromatic carbocycles. The molecule has 1 atom stereocenters. The zero-order valence-electron chi connectivity index (χ0n) is 16.8. The highest BCUT2D eigenvalue weighted by Gasteiger charge is 2.17. The Morgan fingerprint density at radius 3 is 2.61 bits per heavy atom. The van der Waals surface area contributed by atoms with Gasteiger partial charge in [0, 0.05) is 24.3 Å². The van der Waals surface area contributed by atoms with Gasteiger partial charge in [0.1, 0.15) is 0 Å². The summed E-state index contributed by atoms with van der Waals surface area (Å²) in [5.41, 5.74) is 3.57. The second kappa shape index (κ2) is 9.02. The summed E-state index contributed by atoms with van der Waals surface area (Å²) in [6.07, 6.45) is 2.57. The standard InChI is InChI=1S/C23H28N2O3/c1-16-6-5-13-25(14-16)15-18-9-11-19(12-10-18)22(26)24-21-8-4-7-20(17(21)2)23(27)28-3/h4,7-12,16H,5-6,13-15H2,1-3H3,(H,24,26)/t16-/m0/s1. The van der Waals surface area contributed by atoms with Gasteiger partial charge in [-0.1, -0.05) is 25.1 Å². The molecule has 1 aliphatic rings. The molecule has 1 saturated heterocycles. The number of carbonyl (C=O) groups excluding carboxylic acids is 2. The van der Waals surface area contributed by atoms with Crippen LogP contribution in [-0.4, -0.2) is 37.0 Å². The van der Waals surface area contributed by atoms with Gasteiger partial charge < -0.3 is 10.1 Å². The number of methoxy groups -OCH3 is 1. The SMILES string of the molecule is COC(=O)c1cccc(NC(=O)c2ccc(CN3CCC[C@H](C)C3)cc2)c1C. The fraction of sp³-hybridized carbons (Fsp3) is 0.391. The van der Waals surface area contributed by atoms with Crippen molar-refractivity contribution in [1.82, 2.24) is 4.90 Å². The maximum atomic E-state index is 12.6. The number of nitrogens with zero attached hydrogens (tertiary/aromatic N) is 1. The molecule has 0 unspecified atom stereocenters. The first-order chi connectivity index (χ1) is 13.5. The van der Waals surface area contributed by atoms with Crippen molar-refractivity contribution in [2.45, 2.75) is 33.2 Å². The lowest BCUT2D eigenvalue weighted by Crippen LogP contribution is -2.33. The number of anilines is 1. The molecule has 0 aromatic heterocycles. The lowest BCUT2D eigenvalue weighted by molar-refractivity contribution is 0.0599. The lowest BCUT2D eigenvalue weighted by Gasteiger charge is -2.30. The molecule has 2 aromatic rings. The molecule has 0 saturated carbocycles. The van der Waals surface area contributed by atoms with Crippen molar-refractivity contribution in [3.63, 3.8) is 0 Å². The number of rotatable bonds is 5. The Balaban J connectivity index is 1.66. The molecule has 5 nitrogen and oxygen atoms in total. The molecule has 148 valence electrons. The first-order valence-corrected chi connectivity index (χ1v) is 9.78. The van der Waals surface area contributed by atoms with Crippen molar-refractivity contribution in [3.8, 4) is 0 Å². The van der Waals surface area contributed by atoms with Crippen LogP contribution in [-0.2, 0) is 11.3 Å². The van der Waals surface area contributed by atoms with Crippen molar-refractivity contribution in [2.75, 3.05) is 25.5 Å². The van der Waals surface area contributed by atoms with Crippen LogP contribution in [0.5, 0.6) is 0 Å². The maximum absolute atomic E-state index is 12.6. The zero-order chi connectivity index (χ0) is 20.1. The van der Waals surface area contributed by atoms with Gasteiger partial charge in [0.05, 0.1) is 12.7 Å². The highest BCUT2D eigenvalue weighted by atomic mass is 16.5. The van der Waals surface area contributed by atoms with Gasteiger partial charge in [-0.2, -0.15) is 0 Å². The van der Waals surface area contributed by atoms with E-state index >= 15 is 0 Å². The molecule has 1 aliphatic heterocycles. The fourth-order valence-corrected chi connectivity index (χ4v) is 3.75. The quantitative estimate of drug-likeness (QED) is 0.787. The molecule has 0 aliphatic carbocycles. The number of amides is 1. The van der Waals surface area contributed by atoms with Crippen LogP contribution >= 0.6 is 0 Å². The van der Waals surface area contributed by atoms with Crippen molar-refractivity contribution in [1.29, 1.82) is 0 Å². The summed E-state index contributed by atoms with van der Waals surface area (Å²) in [6, 6.07) is 13.0. The summed E-state index contributed by atoms with van der Waals surface area (Å²) >= 11 is 0. The monoisotopic (exact) mass is 380 g/mol. The highest BCUT2D eigenvalue weighted by molar-refractivity contribution is 6.05. The van der Waals surface area contributed by atoms with Gasteiger partial charge in [-0.25, -0.2) is 4.79 Å². The summed E-state index contributed by atoms with van der Waals surface area (Å²) in [7, 11) is 1.35. The molecule has 1 amide bonds. The van der Waals surface area contributed by atoms with Crippen LogP contribution in [0.4, 0.5) is 5.69 Å². The molecule has 0 spiro atoms. The molecule has 5 heteroatoms. The molecule has 1 fully saturated rings. The van der Waals surface area contributed by atoms with Gasteiger partial charge in [0.15, 0.2) is 0 Å². The second-order valence-electron chi connectivity index (χ2n) is 7.60. The maximum Gasteiger partial charge on any atom is 0.338 e. The fourth-order valence-electron chi connectivity index (χ4n) is 3.75.